The summed E-state index contributed by atoms with van der Waals surface area (Å²) in [7, 11) is 1.61. The molecule has 0 spiro atoms. The molecule has 0 unspecified atom stereocenters. The molecule has 0 aliphatic carbocycles. The molecular formula is C17H15N3O3. The van der Waals surface area contributed by atoms with Crippen LogP contribution >= 0.6 is 0 Å². The molecule has 0 saturated carbocycles. The molecule has 0 aromatic carbocycles. The summed E-state index contributed by atoms with van der Waals surface area (Å²) in [5, 5.41) is 2.73. The second kappa shape index (κ2) is 6.31. The highest BCUT2D eigenvalue weighted by atomic mass is 16.3. The largest absolute Gasteiger partial charge is 0.472 e. The summed E-state index contributed by atoms with van der Waals surface area (Å²) in [6.07, 6.45) is 6.50. The third kappa shape index (κ3) is 3.21. The van der Waals surface area contributed by atoms with Crippen LogP contribution in [-0.2, 0) is 13.6 Å². The smallest absolute Gasteiger partial charge is 0.263 e. The maximum absolute atomic E-state index is 12.1. The minimum Gasteiger partial charge on any atom is -0.472 e. The van der Waals surface area contributed by atoms with Crippen LogP contribution < -0.4 is 10.9 Å². The Kier molecular flexibility index (Phi) is 4.05. The van der Waals surface area contributed by atoms with Crippen molar-refractivity contribution in [1.82, 2.24) is 14.9 Å². The van der Waals surface area contributed by atoms with E-state index in [1.807, 2.05) is 18.2 Å². The molecule has 6 nitrogen and oxygen atoms in total. The summed E-state index contributed by atoms with van der Waals surface area (Å²) < 4.78 is 6.39. The lowest BCUT2D eigenvalue weighted by molar-refractivity contribution is 0.0949. The van der Waals surface area contributed by atoms with Crippen molar-refractivity contribution in [2.24, 2.45) is 7.05 Å². The zero-order valence-electron chi connectivity index (χ0n) is 12.5. The molecule has 3 aromatic rings. The average Bonchev–Trinajstić information content (AvgIpc) is 3.10. The van der Waals surface area contributed by atoms with Crippen molar-refractivity contribution in [3.63, 3.8) is 0 Å². The Bertz CT molecular complexity index is 865. The van der Waals surface area contributed by atoms with Crippen LogP contribution in [0.4, 0.5) is 0 Å². The number of hydrogen-bond donors (Lipinski definition) is 1. The van der Waals surface area contributed by atoms with Gasteiger partial charge < -0.3 is 14.3 Å². The maximum atomic E-state index is 12.1. The van der Waals surface area contributed by atoms with Crippen LogP contribution in [-0.4, -0.2) is 15.5 Å². The van der Waals surface area contributed by atoms with E-state index < -0.39 is 5.91 Å². The highest BCUT2D eigenvalue weighted by Crippen LogP contribution is 2.16. The molecule has 0 aliphatic heterocycles. The van der Waals surface area contributed by atoms with Gasteiger partial charge in [0.25, 0.3) is 11.5 Å². The molecule has 0 saturated heterocycles. The van der Waals surface area contributed by atoms with Crippen LogP contribution in [0, 0.1) is 0 Å². The summed E-state index contributed by atoms with van der Waals surface area (Å²) in [6, 6.07) is 8.73. The molecule has 23 heavy (non-hydrogen) atoms. The summed E-state index contributed by atoms with van der Waals surface area (Å²) >= 11 is 0. The van der Waals surface area contributed by atoms with Crippen LogP contribution in [0.2, 0.25) is 0 Å². The van der Waals surface area contributed by atoms with Gasteiger partial charge in [0.15, 0.2) is 0 Å². The van der Waals surface area contributed by atoms with Gasteiger partial charge in [-0.3, -0.25) is 14.6 Å². The minimum absolute atomic E-state index is 0.123. The Hall–Kier alpha value is -3.15. The first kappa shape index (κ1) is 14.8. The van der Waals surface area contributed by atoms with E-state index in [4.69, 9.17) is 4.42 Å². The molecule has 3 heterocycles. The third-order valence-electron chi connectivity index (χ3n) is 3.46. The number of aromatic nitrogens is 2. The van der Waals surface area contributed by atoms with Gasteiger partial charge >= 0.3 is 0 Å². The van der Waals surface area contributed by atoms with Crippen LogP contribution in [0.5, 0.6) is 0 Å². The van der Waals surface area contributed by atoms with Gasteiger partial charge in [0.05, 0.1) is 18.2 Å². The Morgan fingerprint density at radius 3 is 2.87 bits per heavy atom. The number of amides is 1. The van der Waals surface area contributed by atoms with E-state index in [0.29, 0.717) is 6.54 Å². The first-order valence-corrected chi connectivity index (χ1v) is 7.06. The van der Waals surface area contributed by atoms with E-state index in [9.17, 15) is 9.59 Å². The van der Waals surface area contributed by atoms with Gasteiger partial charge in [0.1, 0.15) is 5.56 Å². The standard InChI is InChI=1S/C17H15N3O3/c1-20-7-2-3-14(17(20)22)16(21)19-10-12-4-5-15(18-9-12)13-6-8-23-11-13/h2-9,11H,10H2,1H3,(H,19,21). The van der Waals surface area contributed by atoms with E-state index in [2.05, 4.69) is 10.3 Å². The van der Waals surface area contributed by atoms with Crippen molar-refractivity contribution in [2.75, 3.05) is 0 Å². The molecule has 0 radical (unpaired) electrons. The lowest BCUT2D eigenvalue weighted by atomic mass is 10.2. The van der Waals surface area contributed by atoms with Crippen molar-refractivity contribution in [3.05, 3.63) is 76.7 Å². The lowest BCUT2D eigenvalue weighted by Gasteiger charge is -2.06. The number of nitrogens with one attached hydrogen (secondary N) is 1. The molecule has 3 aromatic heterocycles. The van der Waals surface area contributed by atoms with E-state index >= 15 is 0 Å². The Balaban J connectivity index is 1.67. The molecule has 116 valence electrons. The first-order chi connectivity index (χ1) is 11.1. The van der Waals surface area contributed by atoms with Gasteiger partial charge in [-0.05, 0) is 29.8 Å². The normalized spacial score (nSPS) is 10.5. The van der Waals surface area contributed by atoms with Gasteiger partial charge in [-0.15, -0.1) is 0 Å². The van der Waals surface area contributed by atoms with E-state index in [1.165, 1.54) is 10.6 Å². The number of hydrogen-bond acceptors (Lipinski definition) is 4. The second-order valence-corrected chi connectivity index (χ2v) is 5.08. The molecule has 6 heteroatoms. The Morgan fingerprint density at radius 2 is 2.17 bits per heavy atom. The monoisotopic (exact) mass is 309 g/mol. The van der Waals surface area contributed by atoms with Crippen LogP contribution in [0.15, 0.2) is 64.5 Å². The molecule has 1 N–H and O–H groups in total. The SMILES string of the molecule is Cn1cccc(C(=O)NCc2ccc(-c3ccoc3)nc2)c1=O. The van der Waals surface area contributed by atoms with Crippen molar-refractivity contribution in [3.8, 4) is 11.3 Å². The summed E-state index contributed by atoms with van der Waals surface area (Å²) in [6.45, 7) is 0.301. The summed E-state index contributed by atoms with van der Waals surface area (Å²) in [4.78, 5) is 28.3. The molecule has 0 fully saturated rings. The Morgan fingerprint density at radius 1 is 1.30 bits per heavy atom. The minimum atomic E-state index is -0.398. The number of rotatable bonds is 4. The highest BCUT2D eigenvalue weighted by molar-refractivity contribution is 5.93. The number of carbonyl (C=O) groups excluding carboxylic acids is 1. The summed E-state index contributed by atoms with van der Waals surface area (Å²) in [5.41, 5.74) is 2.34. The van der Waals surface area contributed by atoms with Gasteiger partial charge in [0.2, 0.25) is 0 Å². The first-order valence-electron chi connectivity index (χ1n) is 7.06. The van der Waals surface area contributed by atoms with Crippen LogP contribution in [0.1, 0.15) is 15.9 Å². The lowest BCUT2D eigenvalue weighted by Crippen LogP contribution is -2.31. The number of furan rings is 1. The summed E-state index contributed by atoms with van der Waals surface area (Å²) in [5.74, 6) is -0.398. The molecule has 0 atom stereocenters. The highest BCUT2D eigenvalue weighted by Gasteiger charge is 2.10. The molecular weight excluding hydrogens is 294 g/mol. The fraction of sp³-hybridized carbons (Fsp3) is 0.118. The van der Waals surface area contributed by atoms with E-state index in [0.717, 1.165) is 16.8 Å². The van der Waals surface area contributed by atoms with Crippen molar-refractivity contribution >= 4 is 5.91 Å². The number of aryl methyl sites for hydroxylation is 1. The van der Waals surface area contributed by atoms with Gasteiger partial charge in [0, 0.05) is 31.5 Å². The fourth-order valence-electron chi connectivity index (χ4n) is 2.16. The number of pyridine rings is 2. The predicted molar refractivity (Wildman–Crippen MR) is 84.8 cm³/mol. The van der Waals surface area contributed by atoms with Crippen molar-refractivity contribution < 1.29 is 9.21 Å². The number of nitrogens with zero attached hydrogens (tertiary/aromatic N) is 2. The third-order valence-corrected chi connectivity index (χ3v) is 3.46. The average molecular weight is 309 g/mol. The topological polar surface area (TPSA) is 77.1 Å². The van der Waals surface area contributed by atoms with Gasteiger partial charge in [-0.1, -0.05) is 6.07 Å². The van der Waals surface area contributed by atoms with Crippen LogP contribution in [0.3, 0.4) is 0 Å². The van der Waals surface area contributed by atoms with E-state index in [-0.39, 0.29) is 11.1 Å². The molecule has 0 aliphatic rings. The predicted octanol–water partition coefficient (Wildman–Crippen LogP) is 1.97. The number of carbonyl (C=O) groups is 1. The van der Waals surface area contributed by atoms with Crippen molar-refractivity contribution in [2.45, 2.75) is 6.54 Å². The molecule has 0 bridgehead atoms. The second-order valence-electron chi connectivity index (χ2n) is 5.08. The van der Waals surface area contributed by atoms with E-state index in [1.54, 1.807) is 38.0 Å². The quantitative estimate of drug-likeness (QED) is 0.799. The molecule has 1 amide bonds. The van der Waals surface area contributed by atoms with Crippen molar-refractivity contribution in [1.29, 1.82) is 0 Å². The zero-order valence-corrected chi connectivity index (χ0v) is 12.5. The van der Waals surface area contributed by atoms with Gasteiger partial charge in [-0.25, -0.2) is 0 Å². The fourth-order valence-corrected chi connectivity index (χ4v) is 2.16. The van der Waals surface area contributed by atoms with Gasteiger partial charge in [-0.2, -0.15) is 0 Å². The maximum Gasteiger partial charge on any atom is 0.263 e. The Labute approximate surface area is 132 Å². The van der Waals surface area contributed by atoms with Crippen LogP contribution in [0.25, 0.3) is 11.3 Å². The zero-order chi connectivity index (χ0) is 16.2. The molecule has 3 rings (SSSR count).